The number of aliphatic carboxylic acids is 1. The molecule has 0 radical (unpaired) electrons. The topological polar surface area (TPSA) is 86.7 Å². The van der Waals surface area contributed by atoms with Gasteiger partial charge in [0.25, 0.3) is 0 Å². The van der Waals surface area contributed by atoms with Gasteiger partial charge in [0.2, 0.25) is 6.29 Å². The van der Waals surface area contributed by atoms with Crippen molar-refractivity contribution >= 4 is 11.9 Å². The van der Waals surface area contributed by atoms with Crippen LogP contribution in [0.5, 0.6) is 0 Å². The molecule has 1 unspecified atom stereocenters. The predicted molar refractivity (Wildman–Crippen MR) is 73.6 cm³/mol. The highest BCUT2D eigenvalue weighted by Crippen LogP contribution is 2.09. The number of esters is 1. The number of carbonyl (C=O) groups is 2. The zero-order valence-corrected chi connectivity index (χ0v) is 12.4. The summed E-state index contributed by atoms with van der Waals surface area (Å²) in [6.07, 6.45) is 6.85. The number of unbranched alkanes of at least 4 members (excludes halogenated alkanes) is 6. The highest BCUT2D eigenvalue weighted by Gasteiger charge is 2.10. The lowest BCUT2D eigenvalue weighted by Crippen LogP contribution is -2.21. The third-order valence-corrected chi connectivity index (χ3v) is 3.08. The summed E-state index contributed by atoms with van der Waals surface area (Å²) in [6, 6.07) is 0. The number of hydrogen-bond donors (Lipinski definition) is 1. The molecule has 1 atom stereocenters. The fourth-order valence-corrected chi connectivity index (χ4v) is 1.91. The van der Waals surface area contributed by atoms with E-state index >= 15 is 0 Å². The summed E-state index contributed by atoms with van der Waals surface area (Å²) in [5.74, 6) is -1.37. The van der Waals surface area contributed by atoms with Gasteiger partial charge in [0.05, 0.1) is 0 Å². The van der Waals surface area contributed by atoms with Crippen LogP contribution < -0.4 is 5.11 Å². The third kappa shape index (κ3) is 13.3. The highest BCUT2D eigenvalue weighted by atomic mass is 16.6. The average molecular weight is 287 g/mol. The van der Waals surface area contributed by atoms with Gasteiger partial charge < -0.3 is 19.7 Å². The first-order valence-electron chi connectivity index (χ1n) is 7.63. The molecule has 0 amide bonds. The van der Waals surface area contributed by atoms with E-state index in [1.54, 1.807) is 0 Å². The molecule has 0 fully saturated rings. The molecule has 118 valence electrons. The number of aliphatic hydroxyl groups is 1. The van der Waals surface area contributed by atoms with Gasteiger partial charge in [-0.25, -0.2) is 0 Å². The van der Waals surface area contributed by atoms with Crippen molar-refractivity contribution in [2.75, 3.05) is 0 Å². The molecule has 0 saturated carbocycles. The smallest absolute Gasteiger partial charge is 0.308 e. The van der Waals surface area contributed by atoms with Crippen LogP contribution in [0.15, 0.2) is 0 Å². The number of ether oxygens (including phenoxy) is 1. The van der Waals surface area contributed by atoms with Crippen molar-refractivity contribution in [2.24, 2.45) is 0 Å². The second kappa shape index (κ2) is 12.9. The molecule has 0 rings (SSSR count). The number of aliphatic hydroxyl groups excluding tert-OH is 1. The van der Waals surface area contributed by atoms with Gasteiger partial charge in [-0.3, -0.25) is 4.79 Å². The summed E-state index contributed by atoms with van der Waals surface area (Å²) in [6.45, 7) is 2.07. The number of rotatable bonds is 13. The lowest BCUT2D eigenvalue weighted by molar-refractivity contribution is -0.305. The molecule has 0 aliphatic carbocycles. The van der Waals surface area contributed by atoms with Gasteiger partial charge >= 0.3 is 5.97 Å². The van der Waals surface area contributed by atoms with Crippen molar-refractivity contribution < 1.29 is 24.5 Å². The molecule has 5 heteroatoms. The lowest BCUT2D eigenvalue weighted by Gasteiger charge is -2.11. The summed E-state index contributed by atoms with van der Waals surface area (Å²) in [7, 11) is 0. The fourth-order valence-electron chi connectivity index (χ4n) is 1.91. The molecular weight excluding hydrogens is 260 g/mol. The van der Waals surface area contributed by atoms with Crippen LogP contribution in [0.3, 0.4) is 0 Å². The molecule has 0 aliphatic rings. The quantitative estimate of drug-likeness (QED) is 0.317. The molecule has 0 bridgehead atoms. The van der Waals surface area contributed by atoms with E-state index in [1.165, 1.54) is 0 Å². The summed E-state index contributed by atoms with van der Waals surface area (Å²) in [5, 5.41) is 19.6. The van der Waals surface area contributed by atoms with Gasteiger partial charge in [-0.05, 0) is 25.7 Å². The minimum Gasteiger partial charge on any atom is -0.550 e. The van der Waals surface area contributed by atoms with Crippen LogP contribution in [0.25, 0.3) is 0 Å². The van der Waals surface area contributed by atoms with Crippen LogP contribution in [0.2, 0.25) is 0 Å². The van der Waals surface area contributed by atoms with E-state index in [-0.39, 0.29) is 12.4 Å². The van der Waals surface area contributed by atoms with E-state index in [4.69, 9.17) is 4.74 Å². The minimum atomic E-state index is -1.01. The summed E-state index contributed by atoms with van der Waals surface area (Å²) in [4.78, 5) is 21.6. The first-order valence-corrected chi connectivity index (χ1v) is 7.63. The van der Waals surface area contributed by atoms with Crippen LogP contribution in [-0.4, -0.2) is 23.3 Å². The van der Waals surface area contributed by atoms with E-state index in [0.29, 0.717) is 25.7 Å². The normalized spacial score (nSPS) is 12.1. The first kappa shape index (κ1) is 18.9. The number of carboxylic acids is 1. The van der Waals surface area contributed by atoms with Crippen LogP contribution in [-0.2, 0) is 14.3 Å². The maximum absolute atomic E-state index is 11.4. The summed E-state index contributed by atoms with van der Waals surface area (Å²) < 4.78 is 4.89. The molecule has 0 aromatic carbocycles. The van der Waals surface area contributed by atoms with Crippen LogP contribution in [0.1, 0.15) is 77.6 Å². The van der Waals surface area contributed by atoms with Crippen LogP contribution in [0.4, 0.5) is 0 Å². The Morgan fingerprint density at radius 1 is 1.00 bits per heavy atom. The van der Waals surface area contributed by atoms with Crippen LogP contribution in [0, 0.1) is 0 Å². The van der Waals surface area contributed by atoms with Gasteiger partial charge in [-0.1, -0.05) is 39.0 Å². The molecule has 0 saturated heterocycles. The average Bonchev–Trinajstić information content (AvgIpc) is 2.37. The van der Waals surface area contributed by atoms with Gasteiger partial charge in [-0.2, -0.15) is 0 Å². The van der Waals surface area contributed by atoms with E-state index in [9.17, 15) is 19.8 Å². The Kier molecular flexibility index (Phi) is 12.2. The van der Waals surface area contributed by atoms with Crippen molar-refractivity contribution in [2.45, 2.75) is 83.8 Å². The standard InChI is InChI=1S/C15H28O5/c1-2-3-7-11-14(18)20-15(19)12-9-6-4-5-8-10-13(16)17/h14,18H,2-12H2,1H3,(H,16,17)/p-1. The van der Waals surface area contributed by atoms with Gasteiger partial charge in [-0.15, -0.1) is 0 Å². The predicted octanol–water partition coefficient (Wildman–Crippen LogP) is 1.91. The van der Waals surface area contributed by atoms with E-state index in [1.807, 2.05) is 0 Å². The number of hydrogen-bond acceptors (Lipinski definition) is 5. The van der Waals surface area contributed by atoms with E-state index in [2.05, 4.69) is 6.92 Å². The van der Waals surface area contributed by atoms with Crippen molar-refractivity contribution in [3.63, 3.8) is 0 Å². The SMILES string of the molecule is CCCCCC(O)OC(=O)CCCCCCCC(=O)[O-]. The number of carbonyl (C=O) groups excluding carboxylic acids is 2. The molecule has 0 heterocycles. The molecule has 0 aromatic heterocycles. The molecule has 20 heavy (non-hydrogen) atoms. The minimum absolute atomic E-state index is 0.103. The van der Waals surface area contributed by atoms with Crippen molar-refractivity contribution in [1.29, 1.82) is 0 Å². The maximum Gasteiger partial charge on any atom is 0.308 e. The molecule has 0 aliphatic heterocycles. The fraction of sp³-hybridized carbons (Fsp3) is 0.867. The Morgan fingerprint density at radius 3 is 2.20 bits per heavy atom. The Labute approximate surface area is 121 Å². The van der Waals surface area contributed by atoms with Gasteiger partial charge in [0, 0.05) is 18.8 Å². The highest BCUT2D eigenvalue weighted by molar-refractivity contribution is 5.69. The monoisotopic (exact) mass is 287 g/mol. The lowest BCUT2D eigenvalue weighted by atomic mass is 10.1. The second-order valence-corrected chi connectivity index (χ2v) is 5.08. The molecule has 1 N–H and O–H groups in total. The summed E-state index contributed by atoms with van der Waals surface area (Å²) >= 11 is 0. The van der Waals surface area contributed by atoms with Gasteiger partial charge in [0.1, 0.15) is 0 Å². The maximum atomic E-state index is 11.4. The summed E-state index contributed by atoms with van der Waals surface area (Å²) in [5.41, 5.74) is 0. The first-order chi connectivity index (χ1) is 9.56. The van der Waals surface area contributed by atoms with Crippen molar-refractivity contribution in [3.05, 3.63) is 0 Å². The van der Waals surface area contributed by atoms with Crippen molar-refractivity contribution in [3.8, 4) is 0 Å². The van der Waals surface area contributed by atoms with Crippen LogP contribution >= 0.6 is 0 Å². The second-order valence-electron chi connectivity index (χ2n) is 5.08. The Balaban J connectivity index is 3.37. The number of carboxylic acid groups (broad SMARTS) is 1. The zero-order chi connectivity index (χ0) is 15.2. The largest absolute Gasteiger partial charge is 0.550 e. The van der Waals surface area contributed by atoms with E-state index < -0.39 is 12.3 Å². The Bertz CT molecular complexity index is 265. The zero-order valence-electron chi connectivity index (χ0n) is 12.4. The molecular formula is C15H27O5-. The molecule has 0 aromatic rings. The van der Waals surface area contributed by atoms with Crippen molar-refractivity contribution in [1.82, 2.24) is 0 Å². The molecule has 0 spiro atoms. The van der Waals surface area contributed by atoms with E-state index in [0.717, 1.165) is 38.5 Å². The Morgan fingerprint density at radius 2 is 1.60 bits per heavy atom. The Hall–Kier alpha value is -1.10. The molecule has 5 nitrogen and oxygen atoms in total. The third-order valence-electron chi connectivity index (χ3n) is 3.08. The van der Waals surface area contributed by atoms with Gasteiger partial charge in [0.15, 0.2) is 0 Å².